The summed E-state index contributed by atoms with van der Waals surface area (Å²) in [6, 6.07) is 3.61. The highest BCUT2D eigenvalue weighted by Gasteiger charge is 1.87. The summed E-state index contributed by atoms with van der Waals surface area (Å²) in [6.45, 7) is 0.178. The van der Waals surface area contributed by atoms with Crippen LogP contribution in [0.25, 0.3) is 6.08 Å². The SMILES string of the molecule is OCCC=Cc1ccc(Cl)nc1. The molecule has 0 radical (unpaired) electrons. The first-order valence-corrected chi connectivity index (χ1v) is 4.09. The number of hydrogen-bond acceptors (Lipinski definition) is 2. The molecule has 0 aliphatic rings. The van der Waals surface area contributed by atoms with Crippen molar-refractivity contribution >= 4 is 17.7 Å². The highest BCUT2D eigenvalue weighted by atomic mass is 35.5. The predicted molar refractivity (Wildman–Crippen MR) is 50.0 cm³/mol. The second-order valence-corrected chi connectivity index (χ2v) is 2.72. The lowest BCUT2D eigenvalue weighted by Gasteiger charge is -1.91. The Morgan fingerprint density at radius 2 is 2.33 bits per heavy atom. The first-order valence-electron chi connectivity index (χ1n) is 3.72. The van der Waals surface area contributed by atoms with Crippen molar-refractivity contribution in [2.45, 2.75) is 6.42 Å². The van der Waals surface area contributed by atoms with Gasteiger partial charge in [0.2, 0.25) is 0 Å². The fourth-order valence-corrected chi connectivity index (χ4v) is 0.892. The molecular weight excluding hydrogens is 174 g/mol. The summed E-state index contributed by atoms with van der Waals surface area (Å²) in [6.07, 6.45) is 6.16. The molecule has 0 aliphatic carbocycles. The van der Waals surface area contributed by atoms with E-state index in [0.717, 1.165) is 5.56 Å². The molecule has 0 saturated heterocycles. The van der Waals surface area contributed by atoms with Crippen LogP contribution >= 0.6 is 11.6 Å². The minimum atomic E-state index is 0.178. The molecule has 0 saturated carbocycles. The van der Waals surface area contributed by atoms with E-state index >= 15 is 0 Å². The molecular formula is C9H10ClNO. The molecule has 1 aromatic rings. The van der Waals surface area contributed by atoms with E-state index < -0.39 is 0 Å². The van der Waals surface area contributed by atoms with Crippen LogP contribution in [-0.2, 0) is 0 Å². The summed E-state index contributed by atoms with van der Waals surface area (Å²) in [5.41, 5.74) is 0.993. The predicted octanol–water partition coefficient (Wildman–Crippen LogP) is 2.13. The molecule has 1 N–H and O–H groups in total. The van der Waals surface area contributed by atoms with Gasteiger partial charge in [0.15, 0.2) is 0 Å². The zero-order chi connectivity index (χ0) is 8.81. The number of aliphatic hydroxyl groups is 1. The summed E-state index contributed by atoms with van der Waals surface area (Å²) in [5.74, 6) is 0. The monoisotopic (exact) mass is 183 g/mol. The van der Waals surface area contributed by atoms with E-state index in [9.17, 15) is 0 Å². The Morgan fingerprint density at radius 3 is 2.92 bits per heavy atom. The van der Waals surface area contributed by atoms with Crippen molar-refractivity contribution in [3.8, 4) is 0 Å². The third-order valence-corrected chi connectivity index (χ3v) is 1.58. The van der Waals surface area contributed by atoms with E-state index in [-0.39, 0.29) is 6.61 Å². The quantitative estimate of drug-likeness (QED) is 0.729. The van der Waals surface area contributed by atoms with Crippen molar-refractivity contribution < 1.29 is 5.11 Å². The fraction of sp³-hybridized carbons (Fsp3) is 0.222. The van der Waals surface area contributed by atoms with Crippen LogP contribution < -0.4 is 0 Å². The normalized spacial score (nSPS) is 10.8. The second-order valence-electron chi connectivity index (χ2n) is 2.33. The van der Waals surface area contributed by atoms with Crippen molar-refractivity contribution in [1.82, 2.24) is 4.98 Å². The summed E-state index contributed by atoms with van der Waals surface area (Å²) in [4.78, 5) is 3.91. The van der Waals surface area contributed by atoms with Gasteiger partial charge in [-0.1, -0.05) is 29.8 Å². The summed E-state index contributed by atoms with van der Waals surface area (Å²) in [5, 5.41) is 9.00. The van der Waals surface area contributed by atoms with Gasteiger partial charge in [-0.05, 0) is 18.1 Å². The Labute approximate surface area is 76.5 Å². The maximum Gasteiger partial charge on any atom is 0.129 e. The summed E-state index contributed by atoms with van der Waals surface area (Å²) in [7, 11) is 0. The van der Waals surface area contributed by atoms with Gasteiger partial charge in [0.1, 0.15) is 5.15 Å². The van der Waals surface area contributed by atoms with Crippen molar-refractivity contribution in [2.75, 3.05) is 6.61 Å². The van der Waals surface area contributed by atoms with Crippen LogP contribution in [0, 0.1) is 0 Å². The Kier molecular flexibility index (Phi) is 3.77. The average Bonchev–Trinajstić information content (AvgIpc) is 2.09. The minimum absolute atomic E-state index is 0.178. The number of pyridine rings is 1. The van der Waals surface area contributed by atoms with Crippen molar-refractivity contribution in [3.05, 3.63) is 35.1 Å². The van der Waals surface area contributed by atoms with E-state index in [1.807, 2.05) is 18.2 Å². The van der Waals surface area contributed by atoms with Gasteiger partial charge < -0.3 is 5.11 Å². The average molecular weight is 184 g/mol. The van der Waals surface area contributed by atoms with E-state index in [0.29, 0.717) is 11.6 Å². The van der Waals surface area contributed by atoms with Gasteiger partial charge in [0, 0.05) is 12.8 Å². The molecule has 0 aromatic carbocycles. The van der Waals surface area contributed by atoms with Gasteiger partial charge in [0.05, 0.1) is 0 Å². The summed E-state index contributed by atoms with van der Waals surface area (Å²) >= 11 is 5.60. The molecule has 1 aromatic heterocycles. The molecule has 64 valence electrons. The van der Waals surface area contributed by atoms with E-state index in [4.69, 9.17) is 16.7 Å². The molecule has 0 unspecified atom stereocenters. The molecule has 2 nitrogen and oxygen atoms in total. The Bertz CT molecular complexity index is 256. The van der Waals surface area contributed by atoms with Crippen LogP contribution in [0.15, 0.2) is 24.4 Å². The molecule has 0 aliphatic heterocycles. The van der Waals surface area contributed by atoms with Crippen LogP contribution in [0.3, 0.4) is 0 Å². The van der Waals surface area contributed by atoms with Crippen LogP contribution in [0.1, 0.15) is 12.0 Å². The lowest BCUT2D eigenvalue weighted by molar-refractivity contribution is 0.303. The molecule has 3 heteroatoms. The van der Waals surface area contributed by atoms with Crippen LogP contribution in [0.4, 0.5) is 0 Å². The molecule has 1 rings (SSSR count). The van der Waals surface area contributed by atoms with Gasteiger partial charge in [-0.3, -0.25) is 0 Å². The van der Waals surface area contributed by atoms with Crippen molar-refractivity contribution in [3.63, 3.8) is 0 Å². The van der Waals surface area contributed by atoms with E-state index in [2.05, 4.69) is 4.98 Å². The maximum absolute atomic E-state index is 8.50. The third kappa shape index (κ3) is 3.03. The fourth-order valence-electron chi connectivity index (χ4n) is 0.780. The van der Waals surface area contributed by atoms with Crippen LogP contribution in [0.2, 0.25) is 5.15 Å². The molecule has 12 heavy (non-hydrogen) atoms. The van der Waals surface area contributed by atoms with E-state index in [1.165, 1.54) is 0 Å². The number of aromatic nitrogens is 1. The van der Waals surface area contributed by atoms with Gasteiger partial charge in [-0.25, -0.2) is 4.98 Å². The molecule has 0 spiro atoms. The molecule has 0 atom stereocenters. The lowest BCUT2D eigenvalue weighted by Crippen LogP contribution is -1.78. The van der Waals surface area contributed by atoms with Gasteiger partial charge in [0.25, 0.3) is 0 Å². The Morgan fingerprint density at radius 1 is 1.50 bits per heavy atom. The molecule has 0 fully saturated rings. The van der Waals surface area contributed by atoms with Crippen LogP contribution in [-0.4, -0.2) is 16.7 Å². The number of aliphatic hydroxyl groups excluding tert-OH is 1. The third-order valence-electron chi connectivity index (χ3n) is 1.36. The standard InChI is InChI=1S/C9H10ClNO/c10-9-5-4-8(7-11-9)3-1-2-6-12/h1,3-5,7,12H,2,6H2. The second kappa shape index (κ2) is 4.91. The minimum Gasteiger partial charge on any atom is -0.396 e. The highest BCUT2D eigenvalue weighted by molar-refractivity contribution is 6.29. The zero-order valence-corrected chi connectivity index (χ0v) is 7.33. The first-order chi connectivity index (χ1) is 5.83. The number of hydrogen-bond donors (Lipinski definition) is 1. The topological polar surface area (TPSA) is 33.1 Å². The highest BCUT2D eigenvalue weighted by Crippen LogP contribution is 2.06. The van der Waals surface area contributed by atoms with Gasteiger partial charge >= 0.3 is 0 Å². The molecule has 0 amide bonds. The Hall–Kier alpha value is -0.860. The first kappa shape index (κ1) is 9.23. The molecule has 1 heterocycles. The maximum atomic E-state index is 8.50. The van der Waals surface area contributed by atoms with Crippen molar-refractivity contribution in [2.24, 2.45) is 0 Å². The lowest BCUT2D eigenvalue weighted by atomic mass is 10.2. The van der Waals surface area contributed by atoms with Crippen LogP contribution in [0.5, 0.6) is 0 Å². The smallest absolute Gasteiger partial charge is 0.129 e. The largest absolute Gasteiger partial charge is 0.396 e. The van der Waals surface area contributed by atoms with Gasteiger partial charge in [-0.15, -0.1) is 0 Å². The Balaban J connectivity index is 2.58. The van der Waals surface area contributed by atoms with Gasteiger partial charge in [-0.2, -0.15) is 0 Å². The number of nitrogens with zero attached hydrogens (tertiary/aromatic N) is 1. The summed E-state index contributed by atoms with van der Waals surface area (Å²) < 4.78 is 0. The number of rotatable bonds is 3. The number of halogens is 1. The molecule has 0 bridgehead atoms. The zero-order valence-electron chi connectivity index (χ0n) is 6.57. The van der Waals surface area contributed by atoms with Crippen molar-refractivity contribution in [1.29, 1.82) is 0 Å². The van der Waals surface area contributed by atoms with E-state index in [1.54, 1.807) is 12.3 Å².